The molecule has 0 bridgehead atoms. The lowest BCUT2D eigenvalue weighted by molar-refractivity contribution is -0.132. The van der Waals surface area contributed by atoms with Gasteiger partial charge in [0.1, 0.15) is 6.04 Å². The normalized spacial score (nSPS) is 21.8. The van der Waals surface area contributed by atoms with Gasteiger partial charge in [0.05, 0.1) is 22.3 Å². The molecule has 9 nitrogen and oxygen atoms in total. The van der Waals surface area contributed by atoms with Crippen LogP contribution in [0.5, 0.6) is 0 Å². The number of β-amino-alcohol motifs (C(OH)–C–C–N with tert-alkyl or cyclic N) is 1. The van der Waals surface area contributed by atoms with Gasteiger partial charge in [-0.15, -0.1) is 22.7 Å². The molecule has 0 saturated carbocycles. The molecule has 11 heteroatoms. The standard InChI is InChI=1S/C36H45N5O4S2/c1-36(2,3)39-34(45)30-22-40(21-28-17-25-10-14-46-35(25)47-28)12-13-41(30)20-27(42)16-26(15-23-7-6-11-37-19-23)33(44)38-32-29-9-5-4-8-24(29)18-31(32)43/h4-11,14,17,19,26-27,30-32,42-43H,12-13,15-16,18,20-22H2,1-3H3,(H,38,44)(H,39,45)/t26-,27+,30+,31-,32+/m1/s1. The Bertz CT molecular complexity index is 1640. The number of rotatable bonds is 11. The summed E-state index contributed by atoms with van der Waals surface area (Å²) in [6.45, 7) is 8.94. The Hall–Kier alpha value is -3.19. The molecule has 4 aromatic rings. The van der Waals surface area contributed by atoms with E-state index in [9.17, 15) is 19.8 Å². The van der Waals surface area contributed by atoms with Crippen molar-refractivity contribution in [2.75, 3.05) is 26.2 Å². The van der Waals surface area contributed by atoms with E-state index in [0.717, 1.165) is 29.8 Å². The highest BCUT2D eigenvalue weighted by Gasteiger charge is 2.37. The van der Waals surface area contributed by atoms with E-state index in [4.69, 9.17) is 0 Å². The highest BCUT2D eigenvalue weighted by atomic mass is 32.2. The molecule has 6 rings (SSSR count). The molecule has 1 aliphatic heterocycles. The van der Waals surface area contributed by atoms with E-state index in [-0.39, 0.29) is 24.8 Å². The average molecular weight is 676 g/mol. The van der Waals surface area contributed by atoms with Crippen LogP contribution in [0, 0.1) is 5.92 Å². The van der Waals surface area contributed by atoms with Gasteiger partial charge in [-0.3, -0.25) is 24.4 Å². The minimum Gasteiger partial charge on any atom is -0.392 e. The summed E-state index contributed by atoms with van der Waals surface area (Å²) in [7, 11) is 0. The molecule has 1 aliphatic carbocycles. The number of pyridine rings is 1. The lowest BCUT2D eigenvalue weighted by Gasteiger charge is -2.42. The quantitative estimate of drug-likeness (QED) is 0.189. The van der Waals surface area contributed by atoms with Crippen LogP contribution in [-0.4, -0.2) is 86.8 Å². The van der Waals surface area contributed by atoms with Crippen molar-refractivity contribution in [3.05, 3.63) is 87.9 Å². The first-order valence-electron chi connectivity index (χ1n) is 16.4. The minimum atomic E-state index is -0.844. The van der Waals surface area contributed by atoms with Crippen molar-refractivity contribution in [1.29, 1.82) is 0 Å². The second-order valence-electron chi connectivity index (χ2n) is 14.0. The van der Waals surface area contributed by atoms with Gasteiger partial charge in [-0.25, -0.2) is 0 Å². The van der Waals surface area contributed by atoms with E-state index < -0.39 is 35.7 Å². The third kappa shape index (κ3) is 8.46. The summed E-state index contributed by atoms with van der Waals surface area (Å²) in [5, 5.41) is 32.0. The predicted molar refractivity (Wildman–Crippen MR) is 187 cm³/mol. The van der Waals surface area contributed by atoms with Crippen LogP contribution >= 0.6 is 22.7 Å². The summed E-state index contributed by atoms with van der Waals surface area (Å²) < 4.78 is 1.32. The molecule has 1 saturated heterocycles. The lowest BCUT2D eigenvalue weighted by Crippen LogP contribution is -2.61. The summed E-state index contributed by atoms with van der Waals surface area (Å²) in [4.78, 5) is 37.4. The number of thiophene rings is 2. The molecule has 0 unspecified atom stereocenters. The van der Waals surface area contributed by atoms with Gasteiger partial charge in [-0.1, -0.05) is 30.3 Å². The molecule has 4 N–H and O–H groups in total. The number of aliphatic hydroxyl groups is 2. The van der Waals surface area contributed by atoms with Crippen molar-refractivity contribution in [3.8, 4) is 0 Å². The zero-order valence-electron chi connectivity index (χ0n) is 27.3. The molecule has 1 fully saturated rings. The largest absolute Gasteiger partial charge is 0.392 e. The number of piperazine rings is 1. The first-order valence-corrected chi connectivity index (χ1v) is 18.1. The zero-order chi connectivity index (χ0) is 33.1. The Labute approximate surface area is 284 Å². The molecule has 1 aromatic carbocycles. The van der Waals surface area contributed by atoms with E-state index in [1.165, 1.54) is 14.3 Å². The number of fused-ring (bicyclic) bond motifs is 2. The number of hydrogen-bond donors (Lipinski definition) is 4. The smallest absolute Gasteiger partial charge is 0.239 e. The second kappa shape index (κ2) is 14.5. The molecule has 0 spiro atoms. The van der Waals surface area contributed by atoms with Gasteiger partial charge in [0, 0.05) is 73.3 Å². The van der Waals surface area contributed by atoms with E-state index >= 15 is 0 Å². The topological polar surface area (TPSA) is 118 Å². The SMILES string of the molecule is CC(C)(C)NC(=O)[C@@H]1CN(Cc2cc3ccsc3s2)CCN1C[C@@H](O)C[C@@H](Cc1cccnc1)C(=O)N[C@H]1c2ccccc2C[C@H]1O. The Morgan fingerprint density at radius 1 is 1.13 bits per heavy atom. The summed E-state index contributed by atoms with van der Waals surface area (Å²) >= 11 is 3.57. The van der Waals surface area contributed by atoms with Crippen LogP contribution in [0.25, 0.3) is 9.40 Å². The van der Waals surface area contributed by atoms with Gasteiger partial charge in [-0.2, -0.15) is 0 Å². The van der Waals surface area contributed by atoms with Crippen LogP contribution < -0.4 is 10.6 Å². The fourth-order valence-electron chi connectivity index (χ4n) is 6.84. The van der Waals surface area contributed by atoms with Crippen molar-refractivity contribution in [2.24, 2.45) is 5.92 Å². The number of amides is 2. The molecular formula is C36H45N5O4S2. The van der Waals surface area contributed by atoms with Crippen LogP contribution in [0.3, 0.4) is 0 Å². The maximum Gasteiger partial charge on any atom is 0.239 e. The van der Waals surface area contributed by atoms with Crippen LogP contribution in [0.1, 0.15) is 54.8 Å². The lowest BCUT2D eigenvalue weighted by atomic mass is 9.92. The Morgan fingerprint density at radius 3 is 2.72 bits per heavy atom. The Balaban J connectivity index is 1.15. The second-order valence-corrected chi connectivity index (χ2v) is 16.3. The number of aliphatic hydroxyl groups excluding tert-OH is 2. The first kappa shape index (κ1) is 33.7. The maximum absolute atomic E-state index is 13.8. The maximum atomic E-state index is 13.8. The molecule has 47 heavy (non-hydrogen) atoms. The number of nitrogens with one attached hydrogen (secondary N) is 2. The highest BCUT2D eigenvalue weighted by Crippen LogP contribution is 2.33. The predicted octanol–water partition coefficient (Wildman–Crippen LogP) is 4.14. The number of carbonyl (C=O) groups excluding carboxylic acids is 2. The molecular weight excluding hydrogens is 631 g/mol. The molecule has 2 amide bonds. The number of benzene rings is 1. The van der Waals surface area contributed by atoms with Gasteiger partial charge in [0.25, 0.3) is 0 Å². The monoisotopic (exact) mass is 675 g/mol. The fraction of sp³-hybridized carbons (Fsp3) is 0.472. The van der Waals surface area contributed by atoms with Gasteiger partial charge >= 0.3 is 0 Å². The molecule has 0 radical (unpaired) electrons. The van der Waals surface area contributed by atoms with Gasteiger partial charge in [0.2, 0.25) is 11.8 Å². The summed E-state index contributed by atoms with van der Waals surface area (Å²) in [5.74, 6) is -0.818. The first-order chi connectivity index (χ1) is 22.5. The molecule has 250 valence electrons. The van der Waals surface area contributed by atoms with Crippen LogP contribution in [0.15, 0.2) is 66.3 Å². The Kier molecular flexibility index (Phi) is 10.4. The van der Waals surface area contributed by atoms with Gasteiger partial charge in [0.15, 0.2) is 0 Å². The minimum absolute atomic E-state index is 0.0555. The van der Waals surface area contributed by atoms with Crippen LogP contribution in [0.4, 0.5) is 0 Å². The molecule has 5 atom stereocenters. The fourth-order valence-corrected chi connectivity index (χ4v) is 9.03. The van der Waals surface area contributed by atoms with E-state index in [1.54, 1.807) is 23.7 Å². The molecule has 2 aliphatic rings. The van der Waals surface area contributed by atoms with Crippen molar-refractivity contribution in [1.82, 2.24) is 25.4 Å². The van der Waals surface area contributed by atoms with Crippen molar-refractivity contribution < 1.29 is 19.8 Å². The van der Waals surface area contributed by atoms with Gasteiger partial charge < -0.3 is 20.8 Å². The zero-order valence-corrected chi connectivity index (χ0v) is 28.9. The van der Waals surface area contributed by atoms with Crippen molar-refractivity contribution in [2.45, 2.75) is 76.4 Å². The van der Waals surface area contributed by atoms with Crippen LogP contribution in [0.2, 0.25) is 0 Å². The molecule has 4 heterocycles. The number of aromatic nitrogens is 1. The average Bonchev–Trinajstić information content (AvgIpc) is 3.71. The summed E-state index contributed by atoms with van der Waals surface area (Å²) in [6, 6.07) is 15.0. The highest BCUT2D eigenvalue weighted by molar-refractivity contribution is 7.37. The van der Waals surface area contributed by atoms with Gasteiger partial charge in [-0.05, 0) is 73.9 Å². The Morgan fingerprint density at radius 2 is 1.96 bits per heavy atom. The number of nitrogens with zero attached hydrogens (tertiary/aromatic N) is 3. The van der Waals surface area contributed by atoms with Crippen molar-refractivity contribution >= 4 is 43.9 Å². The molecule has 3 aromatic heterocycles. The van der Waals surface area contributed by atoms with Crippen LogP contribution in [-0.2, 0) is 29.0 Å². The summed E-state index contributed by atoms with van der Waals surface area (Å²) in [6.07, 6.45) is 3.00. The third-order valence-electron chi connectivity index (χ3n) is 9.03. The van der Waals surface area contributed by atoms with E-state index in [2.05, 4.69) is 42.9 Å². The third-order valence-corrected chi connectivity index (χ3v) is 11.2. The number of carbonyl (C=O) groups is 2. The van der Waals surface area contributed by atoms with E-state index in [0.29, 0.717) is 25.9 Å². The number of hydrogen-bond acceptors (Lipinski definition) is 9. The van der Waals surface area contributed by atoms with E-state index in [1.807, 2.05) is 68.5 Å². The summed E-state index contributed by atoms with van der Waals surface area (Å²) in [5.41, 5.74) is 2.48. The van der Waals surface area contributed by atoms with Crippen molar-refractivity contribution in [3.63, 3.8) is 0 Å².